The molecule has 6 heteroatoms. The fourth-order valence-corrected chi connectivity index (χ4v) is 3.24. The summed E-state index contributed by atoms with van der Waals surface area (Å²) in [6.45, 7) is 0.0756. The molecule has 0 amide bonds. The number of H-pyrrole nitrogens is 1. The smallest absolute Gasteiger partial charge is 0.358 e. The highest BCUT2D eigenvalue weighted by Gasteiger charge is 2.19. The maximum atomic E-state index is 12.5. The SMILES string of the molecule is O=C(O)c1nc(Cc2ccc(-c3ccccc3)cc2)[nH]c(=O)c1OCc1ccccc1. The van der Waals surface area contributed by atoms with Crippen molar-refractivity contribution < 1.29 is 14.6 Å². The van der Waals surface area contributed by atoms with Gasteiger partial charge in [-0.25, -0.2) is 9.78 Å². The lowest BCUT2D eigenvalue weighted by Gasteiger charge is -2.10. The van der Waals surface area contributed by atoms with Crippen LogP contribution in [0.4, 0.5) is 0 Å². The van der Waals surface area contributed by atoms with Crippen molar-refractivity contribution in [3.05, 3.63) is 118 Å². The summed E-state index contributed by atoms with van der Waals surface area (Å²) >= 11 is 0. The number of nitrogens with one attached hydrogen (secondary N) is 1. The maximum absolute atomic E-state index is 12.5. The quantitative estimate of drug-likeness (QED) is 0.472. The second-order valence-corrected chi connectivity index (χ2v) is 7.01. The molecule has 0 spiro atoms. The minimum Gasteiger partial charge on any atom is -0.481 e. The van der Waals surface area contributed by atoms with Crippen LogP contribution >= 0.6 is 0 Å². The Morgan fingerprint density at radius 2 is 1.45 bits per heavy atom. The second kappa shape index (κ2) is 9.09. The largest absolute Gasteiger partial charge is 0.481 e. The fourth-order valence-electron chi connectivity index (χ4n) is 3.24. The second-order valence-electron chi connectivity index (χ2n) is 7.01. The third-order valence-electron chi connectivity index (χ3n) is 4.79. The van der Waals surface area contributed by atoms with Gasteiger partial charge in [-0.15, -0.1) is 0 Å². The summed E-state index contributed by atoms with van der Waals surface area (Å²) in [5.41, 5.74) is 2.89. The van der Waals surface area contributed by atoms with Crippen LogP contribution in [0.15, 0.2) is 89.7 Å². The standard InChI is InChI=1S/C25H20N2O4/c28-24-23(31-16-18-7-3-1-4-8-18)22(25(29)30)26-21(27-24)15-17-11-13-20(14-12-17)19-9-5-2-6-10-19/h1-14H,15-16H2,(H,29,30)(H,26,27,28). The maximum Gasteiger partial charge on any atom is 0.358 e. The van der Waals surface area contributed by atoms with Crippen LogP contribution in [0.3, 0.4) is 0 Å². The normalized spacial score (nSPS) is 10.6. The van der Waals surface area contributed by atoms with E-state index in [-0.39, 0.29) is 18.2 Å². The summed E-state index contributed by atoms with van der Waals surface area (Å²) in [7, 11) is 0. The lowest BCUT2D eigenvalue weighted by atomic mass is 10.0. The van der Waals surface area contributed by atoms with E-state index in [1.54, 1.807) is 0 Å². The molecule has 0 fully saturated rings. The third kappa shape index (κ3) is 4.87. The molecule has 0 aliphatic carbocycles. The van der Waals surface area contributed by atoms with E-state index in [9.17, 15) is 14.7 Å². The van der Waals surface area contributed by atoms with Crippen LogP contribution < -0.4 is 10.3 Å². The molecule has 0 unspecified atom stereocenters. The molecule has 3 aromatic carbocycles. The van der Waals surface area contributed by atoms with Crippen molar-refractivity contribution in [2.75, 3.05) is 0 Å². The predicted molar refractivity (Wildman–Crippen MR) is 117 cm³/mol. The number of hydrogen-bond donors (Lipinski definition) is 2. The summed E-state index contributed by atoms with van der Waals surface area (Å²) in [6, 6.07) is 27.0. The Balaban J connectivity index is 1.55. The highest BCUT2D eigenvalue weighted by atomic mass is 16.5. The van der Waals surface area contributed by atoms with Crippen LogP contribution in [0, 0.1) is 0 Å². The van der Waals surface area contributed by atoms with Gasteiger partial charge >= 0.3 is 5.97 Å². The van der Waals surface area contributed by atoms with Crippen LogP contribution in [-0.4, -0.2) is 21.0 Å². The molecule has 0 atom stereocenters. The average Bonchev–Trinajstić information content (AvgIpc) is 2.80. The molecule has 2 N–H and O–H groups in total. The van der Waals surface area contributed by atoms with Gasteiger partial charge in [0.15, 0.2) is 5.69 Å². The van der Waals surface area contributed by atoms with Crippen LogP contribution in [0.2, 0.25) is 0 Å². The van der Waals surface area contributed by atoms with Gasteiger partial charge in [0.1, 0.15) is 12.4 Å². The van der Waals surface area contributed by atoms with E-state index < -0.39 is 17.2 Å². The first-order valence-corrected chi connectivity index (χ1v) is 9.78. The van der Waals surface area contributed by atoms with Gasteiger partial charge in [-0.2, -0.15) is 0 Å². The van der Waals surface area contributed by atoms with Crippen molar-refractivity contribution in [2.24, 2.45) is 0 Å². The molecule has 31 heavy (non-hydrogen) atoms. The molecule has 1 aromatic heterocycles. The molecule has 4 aromatic rings. The number of ether oxygens (including phenoxy) is 1. The molecular formula is C25H20N2O4. The Kier molecular flexibility index (Phi) is 5.89. The van der Waals surface area contributed by atoms with Crippen LogP contribution in [0.1, 0.15) is 27.4 Å². The van der Waals surface area contributed by atoms with Crippen molar-refractivity contribution in [3.63, 3.8) is 0 Å². The number of rotatable bonds is 7. The van der Waals surface area contributed by atoms with E-state index in [4.69, 9.17) is 4.74 Å². The van der Waals surface area contributed by atoms with Gasteiger partial charge in [-0.3, -0.25) is 4.79 Å². The third-order valence-corrected chi connectivity index (χ3v) is 4.79. The van der Waals surface area contributed by atoms with E-state index in [2.05, 4.69) is 9.97 Å². The summed E-state index contributed by atoms with van der Waals surface area (Å²) in [6.07, 6.45) is 0.295. The number of aromatic amines is 1. The zero-order chi connectivity index (χ0) is 21.6. The molecule has 0 aliphatic rings. The van der Waals surface area contributed by atoms with Gasteiger partial charge in [-0.1, -0.05) is 84.9 Å². The van der Waals surface area contributed by atoms with E-state index in [0.29, 0.717) is 6.42 Å². The van der Waals surface area contributed by atoms with Gasteiger partial charge in [0.25, 0.3) is 5.56 Å². The van der Waals surface area contributed by atoms with E-state index >= 15 is 0 Å². The first-order valence-electron chi connectivity index (χ1n) is 9.78. The number of hydrogen-bond acceptors (Lipinski definition) is 4. The van der Waals surface area contributed by atoms with Crippen LogP contribution in [-0.2, 0) is 13.0 Å². The van der Waals surface area contributed by atoms with Gasteiger partial charge in [0.2, 0.25) is 5.75 Å². The van der Waals surface area contributed by atoms with Crippen LogP contribution in [0.25, 0.3) is 11.1 Å². The highest BCUT2D eigenvalue weighted by Crippen LogP contribution is 2.20. The molecular weight excluding hydrogens is 392 g/mol. The number of carboxylic acid groups (broad SMARTS) is 1. The fraction of sp³-hybridized carbons (Fsp3) is 0.0800. The van der Waals surface area contributed by atoms with Gasteiger partial charge in [0.05, 0.1) is 0 Å². The number of nitrogens with zero attached hydrogens (tertiary/aromatic N) is 1. The Morgan fingerprint density at radius 1 is 0.839 bits per heavy atom. The monoisotopic (exact) mass is 412 g/mol. The summed E-state index contributed by atoms with van der Waals surface area (Å²) in [5.74, 6) is -1.34. The first kappa shape index (κ1) is 20.1. The van der Waals surface area contributed by atoms with Gasteiger partial charge in [0, 0.05) is 6.42 Å². The minimum absolute atomic E-state index is 0.0756. The zero-order valence-electron chi connectivity index (χ0n) is 16.6. The Morgan fingerprint density at radius 3 is 2.10 bits per heavy atom. The van der Waals surface area contributed by atoms with E-state index in [1.807, 2.05) is 84.9 Å². The van der Waals surface area contributed by atoms with E-state index in [0.717, 1.165) is 22.3 Å². The number of carboxylic acids is 1. The van der Waals surface area contributed by atoms with Crippen molar-refractivity contribution in [3.8, 4) is 16.9 Å². The van der Waals surface area contributed by atoms with Crippen LogP contribution in [0.5, 0.6) is 5.75 Å². The molecule has 1 heterocycles. The van der Waals surface area contributed by atoms with Crippen molar-refractivity contribution in [1.29, 1.82) is 0 Å². The van der Waals surface area contributed by atoms with Gasteiger partial charge in [-0.05, 0) is 22.3 Å². The van der Waals surface area contributed by atoms with Gasteiger partial charge < -0.3 is 14.8 Å². The number of aromatic carboxylic acids is 1. The Labute approximate surface area is 178 Å². The first-order chi connectivity index (χ1) is 15.1. The topological polar surface area (TPSA) is 92.3 Å². The van der Waals surface area contributed by atoms with Crippen molar-refractivity contribution in [1.82, 2.24) is 9.97 Å². The Hall–Kier alpha value is -4.19. The molecule has 0 saturated carbocycles. The lowest BCUT2D eigenvalue weighted by Crippen LogP contribution is -2.21. The Bertz CT molecular complexity index is 1230. The minimum atomic E-state index is -1.31. The number of carbonyl (C=O) groups is 1. The predicted octanol–water partition coefficient (Wildman–Crippen LogP) is 4.30. The number of aromatic nitrogens is 2. The van der Waals surface area contributed by atoms with Crippen molar-refractivity contribution in [2.45, 2.75) is 13.0 Å². The average molecular weight is 412 g/mol. The highest BCUT2D eigenvalue weighted by molar-refractivity contribution is 5.88. The summed E-state index contributed by atoms with van der Waals surface area (Å²) < 4.78 is 5.50. The molecule has 0 radical (unpaired) electrons. The molecule has 0 aliphatic heterocycles. The lowest BCUT2D eigenvalue weighted by molar-refractivity contribution is 0.0683. The summed E-state index contributed by atoms with van der Waals surface area (Å²) in [4.78, 5) is 31.0. The molecule has 0 bridgehead atoms. The summed E-state index contributed by atoms with van der Waals surface area (Å²) in [5, 5.41) is 9.54. The zero-order valence-corrected chi connectivity index (χ0v) is 16.6. The number of benzene rings is 3. The van der Waals surface area contributed by atoms with Crippen molar-refractivity contribution >= 4 is 5.97 Å². The van der Waals surface area contributed by atoms with E-state index in [1.165, 1.54) is 0 Å². The molecule has 0 saturated heterocycles. The molecule has 4 rings (SSSR count). The molecule has 154 valence electrons. The molecule has 6 nitrogen and oxygen atoms in total.